The van der Waals surface area contributed by atoms with E-state index in [4.69, 9.17) is 4.74 Å². The maximum absolute atomic E-state index is 11.4. The van der Waals surface area contributed by atoms with Crippen molar-refractivity contribution >= 4 is 11.5 Å². The van der Waals surface area contributed by atoms with Crippen molar-refractivity contribution in [2.75, 3.05) is 0 Å². The Morgan fingerprint density at radius 1 is 1.22 bits per heavy atom. The zero-order valence-electron chi connectivity index (χ0n) is 10.1. The molecular formula is C15H14O3. The fourth-order valence-electron chi connectivity index (χ4n) is 2.60. The highest BCUT2D eigenvalue weighted by Gasteiger charge is 2.37. The number of carbonyl (C=O) groups excluding carboxylic acids is 1. The summed E-state index contributed by atoms with van der Waals surface area (Å²) in [6.07, 6.45) is 2.44. The highest BCUT2D eigenvalue weighted by atomic mass is 16.5. The zero-order chi connectivity index (χ0) is 12.8. The second kappa shape index (κ2) is 3.82. The predicted molar refractivity (Wildman–Crippen MR) is 67.4 cm³/mol. The number of hydrogen-bond donors (Lipinski definition) is 1. The number of rotatable bonds is 1. The molecule has 1 heterocycles. The SMILES string of the molecule is CC1(O)CC2=CC(=O)OC2=C(c2ccccc2)C1. The van der Waals surface area contributed by atoms with E-state index in [-0.39, 0.29) is 5.97 Å². The molecule has 0 spiro atoms. The number of esters is 1. The summed E-state index contributed by atoms with van der Waals surface area (Å²) in [4.78, 5) is 11.4. The van der Waals surface area contributed by atoms with Gasteiger partial charge >= 0.3 is 5.97 Å². The average Bonchev–Trinajstić information content (AvgIpc) is 2.68. The molecule has 1 unspecified atom stereocenters. The third kappa shape index (κ3) is 1.87. The van der Waals surface area contributed by atoms with Crippen molar-refractivity contribution < 1.29 is 14.6 Å². The van der Waals surface area contributed by atoms with Gasteiger partial charge in [0.25, 0.3) is 0 Å². The van der Waals surface area contributed by atoms with Crippen LogP contribution in [0.1, 0.15) is 25.3 Å². The second-order valence-electron chi connectivity index (χ2n) is 5.11. The Morgan fingerprint density at radius 3 is 2.67 bits per heavy atom. The van der Waals surface area contributed by atoms with E-state index in [2.05, 4.69) is 0 Å². The van der Waals surface area contributed by atoms with Gasteiger partial charge in [0.05, 0.1) is 5.60 Å². The molecule has 1 aliphatic heterocycles. The van der Waals surface area contributed by atoms with Gasteiger partial charge in [0.15, 0.2) is 0 Å². The van der Waals surface area contributed by atoms with Gasteiger partial charge in [-0.25, -0.2) is 4.79 Å². The van der Waals surface area contributed by atoms with Gasteiger partial charge in [-0.1, -0.05) is 30.3 Å². The Hall–Kier alpha value is -1.87. The summed E-state index contributed by atoms with van der Waals surface area (Å²) in [6.45, 7) is 1.79. The van der Waals surface area contributed by atoms with Crippen molar-refractivity contribution in [1.29, 1.82) is 0 Å². The van der Waals surface area contributed by atoms with E-state index < -0.39 is 5.60 Å². The maximum Gasteiger partial charge on any atom is 0.336 e. The van der Waals surface area contributed by atoms with Crippen LogP contribution >= 0.6 is 0 Å². The van der Waals surface area contributed by atoms with Crippen LogP contribution in [0.25, 0.3) is 5.57 Å². The van der Waals surface area contributed by atoms with Gasteiger partial charge in [0.1, 0.15) is 5.76 Å². The Bertz CT molecular complexity index is 565. The molecule has 18 heavy (non-hydrogen) atoms. The highest BCUT2D eigenvalue weighted by Crippen LogP contribution is 2.43. The summed E-state index contributed by atoms with van der Waals surface area (Å²) < 4.78 is 5.26. The lowest BCUT2D eigenvalue weighted by atomic mass is 9.80. The Morgan fingerprint density at radius 2 is 1.94 bits per heavy atom. The number of hydrogen-bond acceptors (Lipinski definition) is 3. The van der Waals surface area contributed by atoms with Crippen LogP contribution in [0, 0.1) is 0 Å². The van der Waals surface area contributed by atoms with Crippen LogP contribution in [0.2, 0.25) is 0 Å². The average molecular weight is 242 g/mol. The standard InChI is InChI=1S/C15H14O3/c1-15(17)8-11-7-13(16)18-14(11)12(9-15)10-5-3-2-4-6-10/h2-7,17H,8-9H2,1H3. The smallest absolute Gasteiger partial charge is 0.336 e. The van der Waals surface area contributed by atoms with Crippen molar-refractivity contribution in [3.8, 4) is 0 Å². The second-order valence-corrected chi connectivity index (χ2v) is 5.11. The summed E-state index contributed by atoms with van der Waals surface area (Å²) >= 11 is 0. The van der Waals surface area contributed by atoms with Gasteiger partial charge in [0, 0.05) is 30.1 Å². The molecule has 0 amide bonds. The molecular weight excluding hydrogens is 228 g/mol. The zero-order valence-corrected chi connectivity index (χ0v) is 10.1. The Labute approximate surface area is 105 Å². The van der Waals surface area contributed by atoms with Crippen LogP contribution in [-0.4, -0.2) is 16.7 Å². The number of allylic oxidation sites excluding steroid dienone is 1. The van der Waals surface area contributed by atoms with E-state index in [1.807, 2.05) is 30.3 Å². The Kier molecular flexibility index (Phi) is 2.38. The molecule has 0 saturated heterocycles. The molecule has 1 aromatic rings. The largest absolute Gasteiger partial charge is 0.423 e. The van der Waals surface area contributed by atoms with Crippen molar-refractivity contribution in [2.45, 2.75) is 25.4 Å². The minimum absolute atomic E-state index is 0.342. The molecule has 0 fully saturated rings. The molecule has 1 atom stereocenters. The first kappa shape index (κ1) is 11.2. The van der Waals surface area contributed by atoms with Gasteiger partial charge in [0.2, 0.25) is 0 Å². The van der Waals surface area contributed by atoms with Gasteiger partial charge in [-0.2, -0.15) is 0 Å². The summed E-state index contributed by atoms with van der Waals surface area (Å²) in [7, 11) is 0. The van der Waals surface area contributed by atoms with E-state index in [0.717, 1.165) is 16.7 Å². The Balaban J connectivity index is 2.14. The van der Waals surface area contributed by atoms with Crippen LogP contribution in [0.3, 0.4) is 0 Å². The van der Waals surface area contributed by atoms with Gasteiger partial charge in [-0.05, 0) is 12.5 Å². The molecule has 1 N–H and O–H groups in total. The third-order valence-corrected chi connectivity index (χ3v) is 3.31. The number of carbonyl (C=O) groups is 1. The van der Waals surface area contributed by atoms with Gasteiger partial charge in [-0.15, -0.1) is 0 Å². The maximum atomic E-state index is 11.4. The van der Waals surface area contributed by atoms with Crippen molar-refractivity contribution in [2.24, 2.45) is 0 Å². The van der Waals surface area contributed by atoms with Crippen LogP contribution in [0.5, 0.6) is 0 Å². The van der Waals surface area contributed by atoms with Gasteiger partial charge in [-0.3, -0.25) is 0 Å². The first-order valence-electron chi connectivity index (χ1n) is 5.99. The molecule has 92 valence electrons. The minimum Gasteiger partial charge on any atom is -0.423 e. The monoisotopic (exact) mass is 242 g/mol. The molecule has 2 aliphatic rings. The lowest BCUT2D eigenvalue weighted by Crippen LogP contribution is -2.29. The molecule has 3 heteroatoms. The van der Waals surface area contributed by atoms with Crippen molar-refractivity contribution in [3.05, 3.63) is 53.3 Å². The molecule has 3 rings (SSSR count). The fourth-order valence-corrected chi connectivity index (χ4v) is 2.60. The molecule has 1 aromatic carbocycles. The molecule has 0 radical (unpaired) electrons. The van der Waals surface area contributed by atoms with E-state index >= 15 is 0 Å². The van der Waals surface area contributed by atoms with Crippen LogP contribution in [0.4, 0.5) is 0 Å². The minimum atomic E-state index is -0.825. The number of benzene rings is 1. The first-order chi connectivity index (χ1) is 8.55. The van der Waals surface area contributed by atoms with Crippen molar-refractivity contribution in [1.82, 2.24) is 0 Å². The normalized spacial score (nSPS) is 26.8. The number of fused-ring (bicyclic) bond motifs is 1. The first-order valence-corrected chi connectivity index (χ1v) is 5.99. The van der Waals surface area contributed by atoms with Crippen LogP contribution in [-0.2, 0) is 9.53 Å². The topological polar surface area (TPSA) is 46.5 Å². The molecule has 0 bridgehead atoms. The fraction of sp³-hybridized carbons (Fsp3) is 0.267. The van der Waals surface area contributed by atoms with Crippen molar-refractivity contribution in [3.63, 3.8) is 0 Å². The summed E-state index contributed by atoms with van der Waals surface area (Å²) in [6, 6.07) is 9.74. The number of ether oxygens (including phenoxy) is 1. The van der Waals surface area contributed by atoms with Crippen LogP contribution < -0.4 is 0 Å². The molecule has 0 saturated carbocycles. The van der Waals surface area contributed by atoms with Gasteiger partial charge < -0.3 is 9.84 Å². The third-order valence-electron chi connectivity index (χ3n) is 3.31. The summed E-state index contributed by atoms with van der Waals surface area (Å²) in [5.41, 5.74) is 1.88. The molecule has 3 nitrogen and oxygen atoms in total. The predicted octanol–water partition coefficient (Wildman–Crippen LogP) is 2.43. The van der Waals surface area contributed by atoms with E-state index in [1.54, 1.807) is 6.92 Å². The lowest BCUT2D eigenvalue weighted by Gasteiger charge is -2.31. The van der Waals surface area contributed by atoms with E-state index in [9.17, 15) is 9.90 Å². The van der Waals surface area contributed by atoms with Crippen LogP contribution in [0.15, 0.2) is 47.7 Å². The molecule has 1 aliphatic carbocycles. The molecule has 0 aromatic heterocycles. The lowest BCUT2D eigenvalue weighted by molar-refractivity contribution is -0.132. The quantitative estimate of drug-likeness (QED) is 0.769. The van der Waals surface area contributed by atoms with E-state index in [0.29, 0.717) is 18.6 Å². The highest BCUT2D eigenvalue weighted by molar-refractivity contribution is 5.92. The summed E-state index contributed by atoms with van der Waals surface area (Å²) in [5, 5.41) is 10.3. The number of aliphatic hydroxyl groups is 1. The summed E-state index contributed by atoms with van der Waals surface area (Å²) in [5.74, 6) is 0.295. The van der Waals surface area contributed by atoms with E-state index in [1.165, 1.54) is 6.08 Å².